The number of aromatic nitrogens is 4. The van der Waals surface area contributed by atoms with Crippen LogP contribution in [0.25, 0.3) is 5.65 Å². The lowest BCUT2D eigenvalue weighted by Gasteiger charge is -2.11. The fourth-order valence-corrected chi connectivity index (χ4v) is 3.51. The number of anilines is 2. The number of aliphatic hydroxyl groups is 1. The molecule has 0 bridgehead atoms. The van der Waals surface area contributed by atoms with Crippen LogP contribution >= 0.6 is 0 Å². The fourth-order valence-electron chi connectivity index (χ4n) is 3.51. The number of aliphatic hydroxyl groups excluding tert-OH is 1. The number of nitriles is 1. The number of fused-ring (bicyclic) bond motifs is 1. The van der Waals surface area contributed by atoms with Crippen LogP contribution < -0.4 is 16.6 Å². The Labute approximate surface area is 174 Å². The van der Waals surface area contributed by atoms with Crippen molar-refractivity contribution in [3.05, 3.63) is 51.1 Å². The van der Waals surface area contributed by atoms with Crippen LogP contribution in [0, 0.1) is 18.3 Å². The second-order valence-corrected chi connectivity index (χ2v) is 7.17. The van der Waals surface area contributed by atoms with Crippen LogP contribution in [0.1, 0.15) is 42.1 Å². The highest BCUT2D eigenvalue weighted by molar-refractivity contribution is 5.69. The summed E-state index contributed by atoms with van der Waals surface area (Å²) in [6.07, 6.45) is 4.49. The van der Waals surface area contributed by atoms with E-state index in [1.807, 2.05) is 13.0 Å². The highest BCUT2D eigenvalue weighted by Crippen LogP contribution is 2.25. The van der Waals surface area contributed by atoms with Gasteiger partial charge in [0.1, 0.15) is 23.3 Å². The van der Waals surface area contributed by atoms with E-state index >= 15 is 0 Å². The number of rotatable bonds is 9. The zero-order chi connectivity index (χ0) is 21.7. The van der Waals surface area contributed by atoms with Gasteiger partial charge in [0.2, 0.25) is 0 Å². The van der Waals surface area contributed by atoms with Gasteiger partial charge >= 0.3 is 0 Å². The van der Waals surface area contributed by atoms with Crippen LogP contribution in [0.4, 0.5) is 11.6 Å². The maximum atomic E-state index is 12.5. The summed E-state index contributed by atoms with van der Waals surface area (Å²) in [4.78, 5) is 17.2. The van der Waals surface area contributed by atoms with Crippen molar-refractivity contribution in [2.45, 2.75) is 46.1 Å². The van der Waals surface area contributed by atoms with Crippen molar-refractivity contribution in [3.63, 3.8) is 0 Å². The van der Waals surface area contributed by atoms with Gasteiger partial charge in [0.25, 0.3) is 5.56 Å². The second-order valence-electron chi connectivity index (χ2n) is 7.17. The lowest BCUT2D eigenvalue weighted by atomic mass is 10.1. The zero-order valence-corrected chi connectivity index (χ0v) is 17.4. The first-order chi connectivity index (χ1) is 14.5. The number of hydrogen-bond acceptors (Lipinski definition) is 7. The minimum Gasteiger partial charge on any atom is -0.396 e. The molecule has 3 aromatic rings. The lowest BCUT2D eigenvalue weighted by Crippen LogP contribution is -2.25. The van der Waals surface area contributed by atoms with Crippen molar-refractivity contribution < 1.29 is 5.11 Å². The fraction of sp³-hybridized carbons (Fsp3) is 0.429. The average Bonchev–Trinajstić information content (AvgIpc) is 3.05. The smallest absolute Gasteiger partial charge is 0.253 e. The molecule has 0 saturated heterocycles. The Kier molecular flexibility index (Phi) is 6.69. The molecule has 0 radical (unpaired) electrons. The molecule has 0 unspecified atom stereocenters. The van der Waals surface area contributed by atoms with Gasteiger partial charge in [-0.05, 0) is 32.3 Å². The molecule has 0 aliphatic heterocycles. The standard InChI is InChI=1S/C21H27N7O2/c1-3-6-16-14(2)26-28-18(23)17(13-22)19(25-20(16)28)24-9-8-15-7-4-10-27(21(15)30)11-5-12-29/h4,7,10,29H,3,5-6,8-9,11-12,23H2,1-2H3,(H,24,25). The van der Waals surface area contributed by atoms with Crippen molar-refractivity contribution >= 4 is 17.3 Å². The largest absolute Gasteiger partial charge is 0.396 e. The van der Waals surface area contributed by atoms with Gasteiger partial charge in [-0.15, -0.1) is 0 Å². The molecule has 158 valence electrons. The Morgan fingerprint density at radius 2 is 2.17 bits per heavy atom. The van der Waals surface area contributed by atoms with E-state index in [2.05, 4.69) is 28.4 Å². The van der Waals surface area contributed by atoms with Gasteiger partial charge in [-0.3, -0.25) is 4.79 Å². The Bertz CT molecular complexity index is 1140. The molecule has 0 atom stereocenters. The molecule has 0 aliphatic rings. The van der Waals surface area contributed by atoms with Crippen LogP contribution in [0.15, 0.2) is 23.1 Å². The predicted octanol–water partition coefficient (Wildman–Crippen LogP) is 1.64. The Hall–Kier alpha value is -3.38. The van der Waals surface area contributed by atoms with Gasteiger partial charge < -0.3 is 20.7 Å². The highest BCUT2D eigenvalue weighted by Gasteiger charge is 2.18. The minimum atomic E-state index is -0.0761. The van der Waals surface area contributed by atoms with Crippen LogP contribution in [-0.4, -0.2) is 37.4 Å². The topological polar surface area (TPSA) is 134 Å². The van der Waals surface area contributed by atoms with Crippen LogP contribution in [0.5, 0.6) is 0 Å². The molecule has 0 fully saturated rings. The second kappa shape index (κ2) is 9.41. The van der Waals surface area contributed by atoms with Crippen molar-refractivity contribution in [3.8, 4) is 6.07 Å². The van der Waals surface area contributed by atoms with E-state index < -0.39 is 0 Å². The molecule has 0 aromatic carbocycles. The van der Waals surface area contributed by atoms with Crippen LogP contribution in [0.3, 0.4) is 0 Å². The average molecular weight is 409 g/mol. The summed E-state index contributed by atoms with van der Waals surface area (Å²) in [6, 6.07) is 5.72. The predicted molar refractivity (Wildman–Crippen MR) is 115 cm³/mol. The first-order valence-corrected chi connectivity index (χ1v) is 10.1. The normalized spacial score (nSPS) is 11.0. The molecule has 3 rings (SSSR count). The molecular weight excluding hydrogens is 382 g/mol. The number of pyridine rings is 1. The molecule has 3 aromatic heterocycles. The number of nitrogen functional groups attached to an aromatic ring is 1. The minimum absolute atomic E-state index is 0.0405. The molecule has 9 nitrogen and oxygen atoms in total. The zero-order valence-electron chi connectivity index (χ0n) is 17.4. The molecule has 0 saturated carbocycles. The molecule has 9 heteroatoms. The van der Waals surface area contributed by atoms with Gasteiger partial charge in [-0.25, -0.2) is 4.98 Å². The van der Waals surface area contributed by atoms with Crippen LogP contribution in [0.2, 0.25) is 0 Å². The van der Waals surface area contributed by atoms with Crippen molar-refractivity contribution in [1.82, 2.24) is 19.2 Å². The summed E-state index contributed by atoms with van der Waals surface area (Å²) >= 11 is 0. The van der Waals surface area contributed by atoms with E-state index in [9.17, 15) is 10.1 Å². The number of aryl methyl sites for hydroxylation is 3. The summed E-state index contributed by atoms with van der Waals surface area (Å²) in [5.41, 5.74) is 9.55. The monoisotopic (exact) mass is 409 g/mol. The Morgan fingerprint density at radius 3 is 2.87 bits per heavy atom. The molecule has 3 heterocycles. The maximum absolute atomic E-state index is 12.5. The molecule has 0 aliphatic carbocycles. The summed E-state index contributed by atoms with van der Waals surface area (Å²) < 4.78 is 3.13. The quantitative estimate of drug-likeness (QED) is 0.489. The summed E-state index contributed by atoms with van der Waals surface area (Å²) in [7, 11) is 0. The first kappa shape index (κ1) is 21.3. The van der Waals surface area contributed by atoms with Crippen molar-refractivity contribution in [1.29, 1.82) is 5.26 Å². The SMILES string of the molecule is CCCc1c(C)nn2c(N)c(C#N)c(NCCc3cccn(CCCO)c3=O)nc12. The van der Waals surface area contributed by atoms with Gasteiger partial charge in [0.15, 0.2) is 5.65 Å². The lowest BCUT2D eigenvalue weighted by molar-refractivity contribution is 0.279. The van der Waals surface area contributed by atoms with Gasteiger partial charge in [-0.2, -0.15) is 14.9 Å². The van der Waals surface area contributed by atoms with Crippen LogP contribution in [-0.2, 0) is 19.4 Å². The van der Waals surface area contributed by atoms with E-state index in [0.717, 1.165) is 24.1 Å². The van der Waals surface area contributed by atoms with Gasteiger partial charge in [0.05, 0.1) is 5.69 Å². The van der Waals surface area contributed by atoms with Crippen molar-refractivity contribution in [2.24, 2.45) is 0 Å². The maximum Gasteiger partial charge on any atom is 0.253 e. The van der Waals surface area contributed by atoms with Gasteiger partial charge in [0, 0.05) is 37.0 Å². The third-order valence-electron chi connectivity index (χ3n) is 5.05. The molecule has 0 spiro atoms. The van der Waals surface area contributed by atoms with E-state index in [-0.39, 0.29) is 23.5 Å². The van der Waals surface area contributed by atoms with E-state index in [0.29, 0.717) is 43.0 Å². The number of hydrogen-bond donors (Lipinski definition) is 3. The number of nitrogens with one attached hydrogen (secondary N) is 1. The molecule has 0 amide bonds. The highest BCUT2D eigenvalue weighted by atomic mass is 16.3. The number of nitrogens with zero attached hydrogens (tertiary/aromatic N) is 5. The van der Waals surface area contributed by atoms with E-state index in [1.54, 1.807) is 16.8 Å². The summed E-state index contributed by atoms with van der Waals surface area (Å²) in [5.74, 6) is 0.651. The van der Waals surface area contributed by atoms with Crippen molar-refractivity contribution in [2.75, 3.05) is 24.2 Å². The third kappa shape index (κ3) is 4.14. The van der Waals surface area contributed by atoms with Gasteiger partial charge in [-0.1, -0.05) is 19.4 Å². The Balaban J connectivity index is 1.85. The summed E-state index contributed by atoms with van der Waals surface area (Å²) in [5, 5.41) is 26.2. The first-order valence-electron chi connectivity index (χ1n) is 10.1. The molecule has 30 heavy (non-hydrogen) atoms. The van der Waals surface area contributed by atoms with E-state index in [1.165, 1.54) is 4.52 Å². The molecule has 4 N–H and O–H groups in total. The summed E-state index contributed by atoms with van der Waals surface area (Å²) in [6.45, 7) is 4.94. The third-order valence-corrected chi connectivity index (χ3v) is 5.05. The number of nitrogens with two attached hydrogens (primary N) is 1. The van der Waals surface area contributed by atoms with E-state index in [4.69, 9.17) is 10.8 Å². The molecular formula is C21H27N7O2. The Morgan fingerprint density at radius 1 is 1.37 bits per heavy atom.